The molecule has 1 N–H and O–H groups in total. The molecular formula is C28H28N4O2. The van der Waals surface area contributed by atoms with E-state index in [1.165, 1.54) is 11.1 Å². The highest BCUT2D eigenvalue weighted by atomic mass is 16.5. The molecule has 1 saturated carbocycles. The molecular weight excluding hydrogens is 424 g/mol. The lowest BCUT2D eigenvalue weighted by Gasteiger charge is -2.09. The minimum Gasteiger partial charge on any atom is -0.460 e. The standard InChI is InChI=1S/C28H28N4O2/c1-18(2)34-28-30-26(21-11-9-19(3)10-12-21)32(31-28)23-15-13-22(14-16-23)29-27(33)25-17-24(25)20-7-5-4-6-8-20/h4-16,18,24-25H,17H2,1-3H3,(H,29,33)/t24-,25?/m0/s1. The Balaban J connectivity index is 1.34. The van der Waals surface area contributed by atoms with Crippen LogP contribution in [0.15, 0.2) is 78.9 Å². The summed E-state index contributed by atoms with van der Waals surface area (Å²) in [6.45, 7) is 5.95. The lowest BCUT2D eigenvalue weighted by molar-refractivity contribution is -0.117. The molecule has 1 aliphatic rings. The summed E-state index contributed by atoms with van der Waals surface area (Å²) in [5.41, 5.74) is 4.97. The Labute approximate surface area is 199 Å². The van der Waals surface area contributed by atoms with E-state index >= 15 is 0 Å². The van der Waals surface area contributed by atoms with Gasteiger partial charge in [0.25, 0.3) is 0 Å². The molecule has 3 aromatic carbocycles. The summed E-state index contributed by atoms with van der Waals surface area (Å²) < 4.78 is 7.54. The van der Waals surface area contributed by atoms with Crippen molar-refractivity contribution in [3.8, 4) is 23.1 Å². The number of carbonyl (C=O) groups excluding carboxylic acids is 1. The lowest BCUT2D eigenvalue weighted by atomic mass is 10.1. The maximum absolute atomic E-state index is 12.7. The number of hydrogen-bond donors (Lipinski definition) is 1. The summed E-state index contributed by atoms with van der Waals surface area (Å²) in [7, 11) is 0. The molecule has 0 radical (unpaired) electrons. The third-order valence-electron chi connectivity index (χ3n) is 5.97. The van der Waals surface area contributed by atoms with Gasteiger partial charge in [-0.1, -0.05) is 60.2 Å². The van der Waals surface area contributed by atoms with Crippen LogP contribution in [0.1, 0.15) is 37.3 Å². The molecule has 6 nitrogen and oxygen atoms in total. The average Bonchev–Trinajstić information content (AvgIpc) is 3.54. The average molecular weight is 453 g/mol. The number of aromatic nitrogens is 3. The molecule has 1 heterocycles. The van der Waals surface area contributed by atoms with Gasteiger partial charge < -0.3 is 10.1 Å². The van der Waals surface area contributed by atoms with Crippen LogP contribution in [-0.2, 0) is 4.79 Å². The molecule has 0 saturated heterocycles. The van der Waals surface area contributed by atoms with Gasteiger partial charge >= 0.3 is 6.01 Å². The summed E-state index contributed by atoms with van der Waals surface area (Å²) in [6, 6.07) is 26.4. The van der Waals surface area contributed by atoms with E-state index < -0.39 is 0 Å². The largest absolute Gasteiger partial charge is 0.460 e. The molecule has 6 heteroatoms. The zero-order valence-corrected chi connectivity index (χ0v) is 19.6. The Morgan fingerprint density at radius 2 is 1.71 bits per heavy atom. The van der Waals surface area contributed by atoms with Crippen LogP contribution in [0.2, 0.25) is 0 Å². The molecule has 5 rings (SSSR count). The van der Waals surface area contributed by atoms with Crippen molar-refractivity contribution in [1.29, 1.82) is 0 Å². The van der Waals surface area contributed by atoms with Gasteiger partial charge in [-0.2, -0.15) is 4.98 Å². The first-order valence-electron chi connectivity index (χ1n) is 11.6. The van der Waals surface area contributed by atoms with Gasteiger partial charge in [-0.15, -0.1) is 5.10 Å². The van der Waals surface area contributed by atoms with E-state index in [1.807, 2.05) is 68.4 Å². The number of amides is 1. The maximum Gasteiger partial charge on any atom is 0.336 e. The lowest BCUT2D eigenvalue weighted by Crippen LogP contribution is -2.14. The van der Waals surface area contributed by atoms with Gasteiger partial charge in [0, 0.05) is 17.2 Å². The third kappa shape index (κ3) is 4.71. The number of ether oxygens (including phenoxy) is 1. The summed E-state index contributed by atoms with van der Waals surface area (Å²) in [5, 5.41) is 7.64. The fourth-order valence-corrected chi connectivity index (χ4v) is 4.10. The normalized spacial score (nSPS) is 16.9. The van der Waals surface area contributed by atoms with E-state index in [0.29, 0.717) is 17.8 Å². The van der Waals surface area contributed by atoms with Crippen LogP contribution in [0.25, 0.3) is 17.1 Å². The Bertz CT molecular complexity index is 1280. The molecule has 1 unspecified atom stereocenters. The fourth-order valence-electron chi connectivity index (χ4n) is 4.10. The Hall–Kier alpha value is -3.93. The van der Waals surface area contributed by atoms with Crippen molar-refractivity contribution < 1.29 is 9.53 Å². The monoisotopic (exact) mass is 452 g/mol. The second-order valence-electron chi connectivity index (χ2n) is 9.06. The summed E-state index contributed by atoms with van der Waals surface area (Å²) in [5.74, 6) is 1.11. The van der Waals surface area contributed by atoms with Crippen molar-refractivity contribution >= 4 is 11.6 Å². The zero-order valence-electron chi connectivity index (χ0n) is 19.6. The highest BCUT2D eigenvalue weighted by Gasteiger charge is 2.43. The van der Waals surface area contributed by atoms with Crippen LogP contribution in [-0.4, -0.2) is 26.8 Å². The van der Waals surface area contributed by atoms with Crippen LogP contribution >= 0.6 is 0 Å². The summed E-state index contributed by atoms with van der Waals surface area (Å²) >= 11 is 0. The second-order valence-corrected chi connectivity index (χ2v) is 9.06. The molecule has 0 spiro atoms. The number of aryl methyl sites for hydroxylation is 1. The van der Waals surface area contributed by atoms with E-state index in [2.05, 4.69) is 46.6 Å². The summed E-state index contributed by atoms with van der Waals surface area (Å²) in [6.07, 6.45) is 0.868. The van der Waals surface area contributed by atoms with Gasteiger partial charge in [0.1, 0.15) is 0 Å². The van der Waals surface area contributed by atoms with Crippen molar-refractivity contribution in [3.05, 3.63) is 90.0 Å². The molecule has 0 aliphatic heterocycles. The zero-order chi connectivity index (χ0) is 23.7. The number of carbonyl (C=O) groups is 1. The number of benzene rings is 3. The van der Waals surface area contributed by atoms with Crippen molar-refractivity contribution in [2.75, 3.05) is 5.32 Å². The fraction of sp³-hybridized carbons (Fsp3) is 0.250. The van der Waals surface area contributed by atoms with E-state index in [4.69, 9.17) is 4.74 Å². The molecule has 172 valence electrons. The van der Waals surface area contributed by atoms with Crippen LogP contribution in [0.3, 0.4) is 0 Å². The summed E-state index contributed by atoms with van der Waals surface area (Å²) in [4.78, 5) is 17.4. The predicted octanol–water partition coefficient (Wildman–Crippen LogP) is 5.77. The topological polar surface area (TPSA) is 69.0 Å². The number of rotatable bonds is 7. The highest BCUT2D eigenvalue weighted by Crippen LogP contribution is 2.47. The van der Waals surface area contributed by atoms with Crippen molar-refractivity contribution in [1.82, 2.24) is 14.8 Å². The molecule has 1 fully saturated rings. The van der Waals surface area contributed by atoms with Crippen LogP contribution < -0.4 is 10.1 Å². The van der Waals surface area contributed by atoms with Crippen LogP contribution in [0.5, 0.6) is 6.01 Å². The van der Waals surface area contributed by atoms with Gasteiger partial charge in [0.05, 0.1) is 11.8 Å². The van der Waals surface area contributed by atoms with Gasteiger partial charge in [-0.05, 0) is 62.9 Å². The van der Waals surface area contributed by atoms with Crippen molar-refractivity contribution in [2.45, 2.75) is 39.2 Å². The maximum atomic E-state index is 12.7. The molecule has 34 heavy (non-hydrogen) atoms. The molecule has 1 aromatic heterocycles. The first-order chi connectivity index (χ1) is 16.5. The predicted molar refractivity (Wildman–Crippen MR) is 133 cm³/mol. The van der Waals surface area contributed by atoms with Crippen LogP contribution in [0, 0.1) is 12.8 Å². The van der Waals surface area contributed by atoms with E-state index in [0.717, 1.165) is 23.4 Å². The molecule has 0 bridgehead atoms. The van der Waals surface area contributed by atoms with Gasteiger partial charge in [0.2, 0.25) is 5.91 Å². The SMILES string of the molecule is Cc1ccc(-c2nc(OC(C)C)nn2-c2ccc(NC(=O)C3C[C@H]3c3ccccc3)cc2)cc1. The number of nitrogens with zero attached hydrogens (tertiary/aromatic N) is 3. The number of nitrogens with one attached hydrogen (secondary N) is 1. The Morgan fingerprint density at radius 1 is 1.00 bits per heavy atom. The third-order valence-corrected chi connectivity index (χ3v) is 5.97. The highest BCUT2D eigenvalue weighted by molar-refractivity contribution is 5.95. The quantitative estimate of drug-likeness (QED) is 0.386. The van der Waals surface area contributed by atoms with Crippen molar-refractivity contribution in [2.24, 2.45) is 5.92 Å². The van der Waals surface area contributed by atoms with E-state index in [1.54, 1.807) is 4.68 Å². The molecule has 1 amide bonds. The molecule has 1 aliphatic carbocycles. The smallest absolute Gasteiger partial charge is 0.336 e. The Kier molecular flexibility index (Phi) is 5.88. The van der Waals surface area contributed by atoms with Crippen molar-refractivity contribution in [3.63, 3.8) is 0 Å². The minimum absolute atomic E-state index is 0.0264. The van der Waals surface area contributed by atoms with Crippen LogP contribution in [0.4, 0.5) is 5.69 Å². The van der Waals surface area contributed by atoms with Gasteiger partial charge in [-0.25, -0.2) is 4.68 Å². The Morgan fingerprint density at radius 3 is 2.38 bits per heavy atom. The first-order valence-corrected chi connectivity index (χ1v) is 11.6. The van der Waals surface area contributed by atoms with E-state index in [-0.39, 0.29) is 17.9 Å². The molecule has 2 atom stereocenters. The number of anilines is 1. The van der Waals surface area contributed by atoms with Gasteiger partial charge in [0.15, 0.2) is 5.82 Å². The number of hydrogen-bond acceptors (Lipinski definition) is 4. The minimum atomic E-state index is -0.0264. The van der Waals surface area contributed by atoms with Gasteiger partial charge in [-0.3, -0.25) is 4.79 Å². The second kappa shape index (κ2) is 9.14. The van der Waals surface area contributed by atoms with E-state index in [9.17, 15) is 4.79 Å². The molecule has 4 aromatic rings. The first kappa shape index (κ1) is 21.9.